The summed E-state index contributed by atoms with van der Waals surface area (Å²) in [6.07, 6.45) is -2.05. The van der Waals surface area contributed by atoms with Crippen molar-refractivity contribution in [1.29, 1.82) is 0 Å². The summed E-state index contributed by atoms with van der Waals surface area (Å²) < 4.78 is 37.7. The number of carbonyl (C=O) groups is 1. The van der Waals surface area contributed by atoms with E-state index >= 15 is 0 Å². The highest BCUT2D eigenvalue weighted by molar-refractivity contribution is 5.89. The van der Waals surface area contributed by atoms with Crippen LogP contribution in [0, 0.1) is 11.8 Å². The number of anilines is 1. The fourth-order valence-corrected chi connectivity index (χ4v) is 2.24. The second kappa shape index (κ2) is 7.88. The molecule has 124 valence electrons. The molecule has 1 fully saturated rings. The van der Waals surface area contributed by atoms with Crippen molar-refractivity contribution in [1.82, 2.24) is 10.2 Å². The van der Waals surface area contributed by atoms with Gasteiger partial charge in [-0.05, 0) is 44.1 Å². The van der Waals surface area contributed by atoms with Gasteiger partial charge in [-0.25, -0.2) is 4.79 Å². The Labute approximate surface area is 133 Å². The number of nitrogens with one attached hydrogen (secondary N) is 2. The number of amides is 2. The van der Waals surface area contributed by atoms with Gasteiger partial charge in [-0.15, -0.1) is 0 Å². The Hall–Kier alpha value is -2.20. The van der Waals surface area contributed by atoms with Gasteiger partial charge in [0.15, 0.2) is 0 Å². The summed E-state index contributed by atoms with van der Waals surface area (Å²) in [6.45, 7) is 2.94. The van der Waals surface area contributed by atoms with Crippen LogP contribution in [0.1, 0.15) is 18.4 Å². The van der Waals surface area contributed by atoms with Gasteiger partial charge in [0.05, 0.1) is 18.7 Å². The molecule has 2 rings (SSSR count). The van der Waals surface area contributed by atoms with E-state index in [1.54, 1.807) is 0 Å². The predicted octanol–water partition coefficient (Wildman–Crippen LogP) is 2.93. The number of halogens is 3. The Morgan fingerprint density at radius 1 is 1.22 bits per heavy atom. The van der Waals surface area contributed by atoms with Crippen LogP contribution in [-0.4, -0.2) is 37.1 Å². The fraction of sp³-hybridized carbons (Fsp3) is 0.438. The molecule has 7 heteroatoms. The summed E-state index contributed by atoms with van der Waals surface area (Å²) in [4.78, 5) is 13.8. The first kappa shape index (κ1) is 17.2. The third kappa shape index (κ3) is 5.83. The van der Waals surface area contributed by atoms with Crippen LogP contribution in [0.3, 0.4) is 0 Å². The number of likely N-dealkylation sites (tertiary alicyclic amines) is 1. The lowest BCUT2D eigenvalue weighted by Gasteiger charge is -2.10. The Morgan fingerprint density at radius 3 is 2.65 bits per heavy atom. The molecule has 0 unspecified atom stereocenters. The van der Waals surface area contributed by atoms with Crippen molar-refractivity contribution in [3.05, 3.63) is 29.8 Å². The maximum atomic E-state index is 12.6. The van der Waals surface area contributed by atoms with Crippen LogP contribution in [0.2, 0.25) is 0 Å². The van der Waals surface area contributed by atoms with E-state index in [1.165, 1.54) is 25.0 Å². The number of nitrogens with zero attached hydrogens (tertiary/aromatic N) is 1. The van der Waals surface area contributed by atoms with Crippen LogP contribution in [0.15, 0.2) is 24.3 Å². The summed E-state index contributed by atoms with van der Waals surface area (Å²) >= 11 is 0. The molecule has 0 bridgehead atoms. The van der Waals surface area contributed by atoms with Crippen LogP contribution < -0.4 is 10.6 Å². The molecule has 1 heterocycles. The molecule has 0 aliphatic carbocycles. The number of rotatable bonds is 3. The summed E-state index contributed by atoms with van der Waals surface area (Å²) in [7, 11) is 0. The standard InChI is InChI=1S/C16H18F3N3O/c17-16(18,19)13-6-5-7-14(12-13)21-15(23)20-8-1-2-9-22-10-3-4-11-22/h5-7,12H,3-4,8-11H2,(H2,20,21,23). The molecule has 1 aromatic rings. The molecule has 1 aromatic carbocycles. The first-order valence-electron chi connectivity index (χ1n) is 7.35. The molecule has 2 N–H and O–H groups in total. The summed E-state index contributed by atoms with van der Waals surface area (Å²) in [6, 6.07) is 3.90. The molecule has 0 saturated carbocycles. The zero-order chi connectivity index (χ0) is 16.7. The SMILES string of the molecule is O=C(NCC#CCN1CCCC1)Nc1cccc(C(F)(F)F)c1. The van der Waals surface area contributed by atoms with E-state index in [0.717, 1.165) is 25.2 Å². The van der Waals surface area contributed by atoms with Crippen LogP contribution in [0.4, 0.5) is 23.7 Å². The minimum atomic E-state index is -4.44. The van der Waals surface area contributed by atoms with Gasteiger partial charge in [-0.3, -0.25) is 4.90 Å². The van der Waals surface area contributed by atoms with Gasteiger partial charge in [0.25, 0.3) is 0 Å². The highest BCUT2D eigenvalue weighted by Gasteiger charge is 2.30. The molecule has 23 heavy (non-hydrogen) atoms. The van der Waals surface area contributed by atoms with Gasteiger partial charge in [-0.2, -0.15) is 13.2 Å². The fourth-order valence-electron chi connectivity index (χ4n) is 2.24. The normalized spacial score (nSPS) is 14.9. The van der Waals surface area contributed by atoms with Gasteiger partial charge < -0.3 is 10.6 Å². The molecule has 1 saturated heterocycles. The van der Waals surface area contributed by atoms with E-state index in [0.29, 0.717) is 6.54 Å². The first-order chi connectivity index (χ1) is 10.9. The van der Waals surface area contributed by atoms with E-state index in [9.17, 15) is 18.0 Å². The van der Waals surface area contributed by atoms with E-state index < -0.39 is 17.8 Å². The number of hydrogen-bond donors (Lipinski definition) is 2. The van der Waals surface area contributed by atoms with Gasteiger partial charge in [0.1, 0.15) is 0 Å². The second-order valence-corrected chi connectivity index (χ2v) is 5.22. The second-order valence-electron chi connectivity index (χ2n) is 5.22. The lowest BCUT2D eigenvalue weighted by atomic mass is 10.2. The maximum absolute atomic E-state index is 12.6. The number of alkyl halides is 3. The summed E-state index contributed by atoms with van der Waals surface area (Å²) in [5.74, 6) is 5.78. The van der Waals surface area contributed by atoms with Crippen LogP contribution in [-0.2, 0) is 6.18 Å². The van der Waals surface area contributed by atoms with Gasteiger partial charge >= 0.3 is 12.2 Å². The highest BCUT2D eigenvalue weighted by Crippen LogP contribution is 2.30. The van der Waals surface area contributed by atoms with Crippen molar-refractivity contribution in [3.8, 4) is 11.8 Å². The van der Waals surface area contributed by atoms with Gasteiger partial charge in [0, 0.05) is 5.69 Å². The number of benzene rings is 1. The minimum absolute atomic E-state index is 0.0855. The van der Waals surface area contributed by atoms with E-state index in [2.05, 4.69) is 27.4 Å². The molecule has 0 spiro atoms. The largest absolute Gasteiger partial charge is 0.416 e. The monoisotopic (exact) mass is 325 g/mol. The zero-order valence-corrected chi connectivity index (χ0v) is 12.5. The molecule has 1 aliphatic rings. The van der Waals surface area contributed by atoms with Crippen molar-refractivity contribution in [2.45, 2.75) is 19.0 Å². The van der Waals surface area contributed by atoms with Crippen LogP contribution >= 0.6 is 0 Å². The summed E-state index contributed by atoms with van der Waals surface area (Å²) in [5.41, 5.74) is -0.719. The average Bonchev–Trinajstić information content (AvgIpc) is 2.99. The molecular weight excluding hydrogens is 307 g/mol. The first-order valence-corrected chi connectivity index (χ1v) is 7.35. The van der Waals surface area contributed by atoms with Gasteiger partial charge in [0.2, 0.25) is 0 Å². The zero-order valence-electron chi connectivity index (χ0n) is 12.5. The van der Waals surface area contributed by atoms with Crippen LogP contribution in [0.25, 0.3) is 0 Å². The van der Waals surface area contributed by atoms with Crippen molar-refractivity contribution in [3.63, 3.8) is 0 Å². The molecular formula is C16H18F3N3O. The molecule has 0 atom stereocenters. The Morgan fingerprint density at radius 2 is 1.96 bits per heavy atom. The van der Waals surface area contributed by atoms with Crippen molar-refractivity contribution < 1.29 is 18.0 Å². The molecule has 2 amide bonds. The quantitative estimate of drug-likeness (QED) is 0.839. The van der Waals surface area contributed by atoms with Crippen molar-refractivity contribution in [2.24, 2.45) is 0 Å². The molecule has 4 nitrogen and oxygen atoms in total. The smallest absolute Gasteiger partial charge is 0.327 e. The Balaban J connectivity index is 1.75. The number of hydrogen-bond acceptors (Lipinski definition) is 2. The molecule has 0 radical (unpaired) electrons. The van der Waals surface area contributed by atoms with E-state index in [1.807, 2.05) is 0 Å². The van der Waals surface area contributed by atoms with Crippen molar-refractivity contribution in [2.75, 3.05) is 31.5 Å². The third-order valence-electron chi connectivity index (χ3n) is 3.41. The molecule has 0 aromatic heterocycles. The Bertz CT molecular complexity index is 599. The predicted molar refractivity (Wildman–Crippen MR) is 81.9 cm³/mol. The Kier molecular flexibility index (Phi) is 5.88. The number of carbonyl (C=O) groups excluding carboxylic acids is 1. The van der Waals surface area contributed by atoms with Crippen LogP contribution in [0.5, 0.6) is 0 Å². The maximum Gasteiger partial charge on any atom is 0.416 e. The lowest BCUT2D eigenvalue weighted by molar-refractivity contribution is -0.137. The van der Waals surface area contributed by atoms with Gasteiger partial charge in [-0.1, -0.05) is 17.9 Å². The summed E-state index contributed by atoms with van der Waals surface area (Å²) in [5, 5.41) is 4.85. The number of urea groups is 1. The van der Waals surface area contributed by atoms with E-state index in [4.69, 9.17) is 0 Å². The highest BCUT2D eigenvalue weighted by atomic mass is 19.4. The van der Waals surface area contributed by atoms with Crippen molar-refractivity contribution >= 4 is 11.7 Å². The topological polar surface area (TPSA) is 44.4 Å². The minimum Gasteiger partial charge on any atom is -0.327 e. The molecule has 1 aliphatic heterocycles. The lowest BCUT2D eigenvalue weighted by Crippen LogP contribution is -2.29. The average molecular weight is 325 g/mol. The third-order valence-corrected chi connectivity index (χ3v) is 3.41. The van der Waals surface area contributed by atoms with E-state index in [-0.39, 0.29) is 12.2 Å².